The SMILES string of the molecule is COC[C@]1(N)C[C@H]1S(=O)(=O)c1ccc(C)cc1. The minimum atomic E-state index is -3.32. The lowest BCUT2D eigenvalue weighted by molar-refractivity contribution is 0.173. The summed E-state index contributed by atoms with van der Waals surface area (Å²) in [5, 5.41) is -0.516. The smallest absolute Gasteiger partial charge is 0.183 e. The Balaban J connectivity index is 2.25. The van der Waals surface area contributed by atoms with Gasteiger partial charge < -0.3 is 10.5 Å². The standard InChI is InChI=1S/C12H17NO3S/c1-9-3-5-10(6-4-9)17(14,15)11-7-12(11,13)8-16-2/h3-6,11H,7-8,13H2,1-2H3/t11-,12-/m1/s1. The van der Waals surface area contributed by atoms with Crippen molar-refractivity contribution in [3.05, 3.63) is 29.8 Å². The van der Waals surface area contributed by atoms with Crippen LogP contribution in [0, 0.1) is 6.92 Å². The topological polar surface area (TPSA) is 69.4 Å². The molecule has 0 bridgehead atoms. The number of benzene rings is 1. The number of hydrogen-bond acceptors (Lipinski definition) is 4. The van der Waals surface area contributed by atoms with Gasteiger partial charge in [0.15, 0.2) is 9.84 Å². The van der Waals surface area contributed by atoms with Crippen LogP contribution in [0.4, 0.5) is 0 Å². The summed E-state index contributed by atoms with van der Waals surface area (Å²) in [5.41, 5.74) is 6.28. The van der Waals surface area contributed by atoms with Crippen molar-refractivity contribution in [1.82, 2.24) is 0 Å². The highest BCUT2D eigenvalue weighted by Gasteiger charge is 2.59. The third kappa shape index (κ3) is 2.22. The molecule has 17 heavy (non-hydrogen) atoms. The predicted molar refractivity (Wildman–Crippen MR) is 65.6 cm³/mol. The van der Waals surface area contributed by atoms with E-state index in [9.17, 15) is 8.42 Å². The van der Waals surface area contributed by atoms with E-state index in [4.69, 9.17) is 10.5 Å². The Kier molecular flexibility index (Phi) is 3.01. The first-order valence-electron chi connectivity index (χ1n) is 5.48. The number of methoxy groups -OCH3 is 1. The maximum absolute atomic E-state index is 12.3. The van der Waals surface area contributed by atoms with Crippen LogP contribution < -0.4 is 5.73 Å². The van der Waals surface area contributed by atoms with Gasteiger partial charge in [-0.3, -0.25) is 0 Å². The minimum Gasteiger partial charge on any atom is -0.383 e. The van der Waals surface area contributed by atoms with Gasteiger partial charge in [0.2, 0.25) is 0 Å². The number of nitrogens with two attached hydrogens (primary N) is 1. The summed E-state index contributed by atoms with van der Waals surface area (Å²) >= 11 is 0. The average molecular weight is 255 g/mol. The first-order chi connectivity index (χ1) is 7.90. The molecule has 0 unspecified atom stereocenters. The molecule has 1 aliphatic carbocycles. The Morgan fingerprint density at radius 3 is 2.53 bits per heavy atom. The van der Waals surface area contributed by atoms with Gasteiger partial charge in [-0.15, -0.1) is 0 Å². The van der Waals surface area contributed by atoms with Gasteiger partial charge in [0.25, 0.3) is 0 Å². The molecular weight excluding hydrogens is 238 g/mol. The van der Waals surface area contributed by atoms with Crippen molar-refractivity contribution in [3.8, 4) is 0 Å². The molecule has 2 N–H and O–H groups in total. The second-order valence-electron chi connectivity index (χ2n) is 4.72. The van der Waals surface area contributed by atoms with E-state index in [0.29, 0.717) is 11.3 Å². The molecule has 2 atom stereocenters. The summed E-state index contributed by atoms with van der Waals surface area (Å²) in [6, 6.07) is 6.86. The monoisotopic (exact) mass is 255 g/mol. The Labute approximate surface area is 102 Å². The number of sulfone groups is 1. The van der Waals surface area contributed by atoms with Crippen LogP contribution in [0.5, 0.6) is 0 Å². The second kappa shape index (κ2) is 4.08. The highest BCUT2D eigenvalue weighted by molar-refractivity contribution is 7.92. The first kappa shape index (κ1) is 12.5. The van der Waals surface area contributed by atoms with Crippen molar-refractivity contribution in [2.45, 2.75) is 29.0 Å². The molecule has 0 radical (unpaired) electrons. The van der Waals surface area contributed by atoms with Crippen LogP contribution in [0.1, 0.15) is 12.0 Å². The van der Waals surface area contributed by atoms with Crippen molar-refractivity contribution in [1.29, 1.82) is 0 Å². The number of rotatable bonds is 4. The fraction of sp³-hybridized carbons (Fsp3) is 0.500. The molecule has 0 amide bonds. The molecule has 1 aliphatic rings. The van der Waals surface area contributed by atoms with Crippen LogP contribution in [0.25, 0.3) is 0 Å². The maximum atomic E-state index is 12.3. The Bertz CT molecular complexity index is 509. The van der Waals surface area contributed by atoms with E-state index in [1.807, 2.05) is 6.92 Å². The predicted octanol–water partition coefficient (Wildman–Crippen LogP) is 0.885. The lowest BCUT2D eigenvalue weighted by atomic mass is 10.2. The van der Waals surface area contributed by atoms with Crippen LogP contribution in [-0.2, 0) is 14.6 Å². The zero-order chi connectivity index (χ0) is 12.7. The van der Waals surface area contributed by atoms with Gasteiger partial charge in [-0.05, 0) is 25.5 Å². The van der Waals surface area contributed by atoms with Gasteiger partial charge in [-0.2, -0.15) is 0 Å². The molecule has 0 aliphatic heterocycles. The molecule has 5 heteroatoms. The Morgan fingerprint density at radius 1 is 1.41 bits per heavy atom. The summed E-state index contributed by atoms with van der Waals surface area (Å²) in [4.78, 5) is 0.344. The van der Waals surface area contributed by atoms with Crippen LogP contribution in [-0.4, -0.2) is 32.9 Å². The first-order valence-corrected chi connectivity index (χ1v) is 7.03. The highest BCUT2D eigenvalue weighted by Crippen LogP contribution is 2.42. The van der Waals surface area contributed by atoms with Crippen molar-refractivity contribution < 1.29 is 13.2 Å². The summed E-state index contributed by atoms with van der Waals surface area (Å²) in [5.74, 6) is 0. The summed E-state index contributed by atoms with van der Waals surface area (Å²) in [6.45, 7) is 2.20. The van der Waals surface area contributed by atoms with Gasteiger partial charge in [0, 0.05) is 7.11 Å². The molecule has 2 rings (SSSR count). The third-order valence-electron chi connectivity index (χ3n) is 3.18. The molecule has 4 nitrogen and oxygen atoms in total. The van der Waals surface area contributed by atoms with Crippen molar-refractivity contribution in [3.63, 3.8) is 0 Å². The van der Waals surface area contributed by atoms with Gasteiger partial charge in [0.1, 0.15) is 0 Å². The summed E-state index contributed by atoms with van der Waals surface area (Å²) in [6.07, 6.45) is 0.469. The molecule has 0 saturated heterocycles. The normalized spacial score (nSPS) is 28.1. The second-order valence-corrected chi connectivity index (χ2v) is 6.85. The Morgan fingerprint density at radius 2 is 2.00 bits per heavy atom. The fourth-order valence-corrected chi connectivity index (χ4v) is 4.08. The van der Waals surface area contributed by atoms with Crippen LogP contribution >= 0.6 is 0 Å². The van der Waals surface area contributed by atoms with E-state index in [1.165, 1.54) is 7.11 Å². The Hall–Kier alpha value is -0.910. The molecule has 1 saturated carbocycles. The van der Waals surface area contributed by atoms with Crippen LogP contribution in [0.3, 0.4) is 0 Å². The average Bonchev–Trinajstić information content (AvgIpc) is 2.92. The summed E-state index contributed by atoms with van der Waals surface area (Å²) < 4.78 is 29.5. The molecule has 0 heterocycles. The van der Waals surface area contributed by atoms with E-state index in [0.717, 1.165) is 5.56 Å². The zero-order valence-corrected chi connectivity index (χ0v) is 10.8. The van der Waals surface area contributed by atoms with Gasteiger partial charge in [-0.1, -0.05) is 17.7 Å². The number of aryl methyl sites for hydroxylation is 1. The van der Waals surface area contributed by atoms with Crippen LogP contribution in [0.2, 0.25) is 0 Å². The number of ether oxygens (including phenoxy) is 1. The molecule has 1 aromatic rings. The van der Waals surface area contributed by atoms with E-state index in [2.05, 4.69) is 0 Å². The third-order valence-corrected chi connectivity index (χ3v) is 5.50. The highest BCUT2D eigenvalue weighted by atomic mass is 32.2. The van der Waals surface area contributed by atoms with E-state index in [-0.39, 0.29) is 6.61 Å². The van der Waals surface area contributed by atoms with E-state index < -0.39 is 20.6 Å². The minimum absolute atomic E-state index is 0.281. The van der Waals surface area contributed by atoms with Crippen molar-refractivity contribution >= 4 is 9.84 Å². The molecule has 1 aromatic carbocycles. The maximum Gasteiger partial charge on any atom is 0.183 e. The lowest BCUT2D eigenvalue weighted by Crippen LogP contribution is -2.35. The lowest BCUT2D eigenvalue weighted by Gasteiger charge is -2.10. The molecule has 0 aromatic heterocycles. The quantitative estimate of drug-likeness (QED) is 0.867. The van der Waals surface area contributed by atoms with Gasteiger partial charge >= 0.3 is 0 Å². The van der Waals surface area contributed by atoms with E-state index >= 15 is 0 Å². The summed E-state index contributed by atoms with van der Waals surface area (Å²) in [7, 11) is -1.79. The van der Waals surface area contributed by atoms with Crippen molar-refractivity contribution in [2.24, 2.45) is 5.73 Å². The van der Waals surface area contributed by atoms with Crippen molar-refractivity contribution in [2.75, 3.05) is 13.7 Å². The molecular formula is C12H17NO3S. The number of hydrogen-bond donors (Lipinski definition) is 1. The molecule has 94 valence electrons. The molecule has 1 fully saturated rings. The van der Waals surface area contributed by atoms with Crippen LogP contribution in [0.15, 0.2) is 29.2 Å². The molecule has 0 spiro atoms. The zero-order valence-electron chi connectivity index (χ0n) is 10.0. The van der Waals surface area contributed by atoms with Gasteiger partial charge in [0.05, 0.1) is 22.3 Å². The largest absolute Gasteiger partial charge is 0.383 e. The van der Waals surface area contributed by atoms with Gasteiger partial charge in [-0.25, -0.2) is 8.42 Å². The van der Waals surface area contributed by atoms with E-state index in [1.54, 1.807) is 24.3 Å². The fourth-order valence-electron chi connectivity index (χ4n) is 2.02.